The van der Waals surface area contributed by atoms with Gasteiger partial charge in [-0.15, -0.1) is 0 Å². The number of esters is 1. The van der Waals surface area contributed by atoms with E-state index in [0.717, 1.165) is 12.8 Å². The quantitative estimate of drug-likeness (QED) is 0.761. The summed E-state index contributed by atoms with van der Waals surface area (Å²) in [5.41, 5.74) is 0.271. The minimum absolute atomic E-state index is 0.0555. The number of aromatic nitrogens is 1. The van der Waals surface area contributed by atoms with Gasteiger partial charge in [-0.25, -0.2) is 0 Å². The molecule has 8 heteroatoms. The standard InChI is InChI=1S/C20H22N2O6/c1-2-26-18(23)5-6-22(12-3-4-12)20(25)14-11-21-15-10-17-16(27-7-8-28-17)9-13(15)19(14)24/h9-12H,2-8H2,1H3,(H,21,24). The molecule has 1 N–H and O–H groups in total. The second kappa shape index (κ2) is 7.53. The maximum atomic E-state index is 13.0. The number of carbonyl (C=O) groups is 2. The van der Waals surface area contributed by atoms with E-state index in [2.05, 4.69) is 4.98 Å². The zero-order valence-corrected chi connectivity index (χ0v) is 15.7. The van der Waals surface area contributed by atoms with Gasteiger partial charge >= 0.3 is 5.97 Å². The summed E-state index contributed by atoms with van der Waals surface area (Å²) in [6.07, 6.45) is 3.29. The molecule has 0 radical (unpaired) electrons. The van der Waals surface area contributed by atoms with Crippen molar-refractivity contribution in [3.63, 3.8) is 0 Å². The van der Waals surface area contributed by atoms with Crippen LogP contribution in [-0.4, -0.2) is 54.2 Å². The zero-order valence-electron chi connectivity index (χ0n) is 15.7. The number of pyridine rings is 1. The molecule has 2 aliphatic rings. The van der Waals surface area contributed by atoms with Gasteiger partial charge in [-0.05, 0) is 25.8 Å². The van der Waals surface area contributed by atoms with Crippen LogP contribution >= 0.6 is 0 Å². The lowest BCUT2D eigenvalue weighted by Crippen LogP contribution is -2.37. The van der Waals surface area contributed by atoms with Gasteiger partial charge in [-0.2, -0.15) is 0 Å². The molecule has 28 heavy (non-hydrogen) atoms. The lowest BCUT2D eigenvalue weighted by atomic mass is 10.1. The predicted octanol–water partition coefficient (Wildman–Crippen LogP) is 1.86. The number of nitrogens with zero attached hydrogens (tertiary/aromatic N) is 1. The highest BCUT2D eigenvalue weighted by atomic mass is 16.6. The highest BCUT2D eigenvalue weighted by molar-refractivity contribution is 5.98. The summed E-state index contributed by atoms with van der Waals surface area (Å²) in [7, 11) is 0. The Morgan fingerprint density at radius 1 is 1.21 bits per heavy atom. The Morgan fingerprint density at radius 3 is 2.61 bits per heavy atom. The number of hydrogen-bond donors (Lipinski definition) is 1. The largest absolute Gasteiger partial charge is 0.486 e. The number of amides is 1. The van der Waals surface area contributed by atoms with Crippen molar-refractivity contribution < 1.29 is 23.8 Å². The molecule has 1 amide bonds. The third-order valence-corrected chi connectivity index (χ3v) is 4.88. The zero-order chi connectivity index (χ0) is 19.7. The minimum atomic E-state index is -0.371. The van der Waals surface area contributed by atoms with Gasteiger partial charge in [0.15, 0.2) is 11.5 Å². The van der Waals surface area contributed by atoms with Crippen molar-refractivity contribution in [2.45, 2.75) is 32.2 Å². The Balaban J connectivity index is 1.63. The summed E-state index contributed by atoms with van der Waals surface area (Å²) in [6.45, 7) is 3.15. The van der Waals surface area contributed by atoms with Crippen molar-refractivity contribution in [2.75, 3.05) is 26.4 Å². The van der Waals surface area contributed by atoms with Crippen LogP contribution in [0.5, 0.6) is 11.5 Å². The van der Waals surface area contributed by atoms with E-state index in [1.807, 2.05) is 0 Å². The monoisotopic (exact) mass is 386 g/mol. The Kier molecular flexibility index (Phi) is 4.93. The van der Waals surface area contributed by atoms with Crippen LogP contribution in [0.2, 0.25) is 0 Å². The van der Waals surface area contributed by atoms with Crippen LogP contribution in [0.3, 0.4) is 0 Å². The number of ether oxygens (including phenoxy) is 3. The number of nitrogens with one attached hydrogen (secondary N) is 1. The van der Waals surface area contributed by atoms with Crippen LogP contribution < -0.4 is 14.9 Å². The van der Waals surface area contributed by atoms with E-state index < -0.39 is 0 Å². The number of hydrogen-bond acceptors (Lipinski definition) is 6. The first-order valence-electron chi connectivity index (χ1n) is 9.50. The molecule has 148 valence electrons. The van der Waals surface area contributed by atoms with E-state index in [-0.39, 0.29) is 41.9 Å². The van der Waals surface area contributed by atoms with Crippen LogP contribution in [0.25, 0.3) is 10.9 Å². The first-order valence-corrected chi connectivity index (χ1v) is 9.50. The van der Waals surface area contributed by atoms with Crippen molar-refractivity contribution in [2.24, 2.45) is 0 Å². The normalized spacial score (nSPS) is 15.3. The molecule has 0 atom stereocenters. The van der Waals surface area contributed by atoms with Crippen LogP contribution in [0.15, 0.2) is 23.1 Å². The molecule has 1 fully saturated rings. The van der Waals surface area contributed by atoms with Crippen molar-refractivity contribution in [3.05, 3.63) is 34.1 Å². The second-order valence-corrected chi connectivity index (χ2v) is 6.86. The van der Waals surface area contributed by atoms with E-state index in [1.54, 1.807) is 24.0 Å². The summed E-state index contributed by atoms with van der Waals surface area (Å²) in [5, 5.41) is 0.372. The molecule has 1 aliphatic carbocycles. The average Bonchev–Trinajstić information content (AvgIpc) is 3.52. The molecule has 4 rings (SSSR count). The van der Waals surface area contributed by atoms with Crippen LogP contribution in [0.4, 0.5) is 0 Å². The SMILES string of the molecule is CCOC(=O)CCN(C(=O)c1c[nH]c2cc3c(cc2c1=O)OCCO3)C1CC1. The topological polar surface area (TPSA) is 97.9 Å². The van der Waals surface area contributed by atoms with E-state index in [4.69, 9.17) is 14.2 Å². The van der Waals surface area contributed by atoms with E-state index in [9.17, 15) is 14.4 Å². The fraction of sp³-hybridized carbons (Fsp3) is 0.450. The molecular formula is C20H22N2O6. The van der Waals surface area contributed by atoms with Gasteiger partial charge in [0.25, 0.3) is 5.91 Å². The summed E-state index contributed by atoms with van der Waals surface area (Å²) in [4.78, 5) is 42.3. The van der Waals surface area contributed by atoms with E-state index in [1.165, 1.54) is 6.20 Å². The summed E-state index contributed by atoms with van der Waals surface area (Å²) in [6, 6.07) is 3.38. The lowest BCUT2D eigenvalue weighted by Gasteiger charge is -2.22. The van der Waals surface area contributed by atoms with Crippen molar-refractivity contribution >= 4 is 22.8 Å². The number of benzene rings is 1. The fourth-order valence-electron chi connectivity index (χ4n) is 3.35. The summed E-state index contributed by atoms with van der Waals surface area (Å²) >= 11 is 0. The maximum absolute atomic E-state index is 13.0. The molecule has 2 aromatic rings. The van der Waals surface area contributed by atoms with Gasteiger partial charge in [-0.3, -0.25) is 14.4 Å². The Bertz CT molecular complexity index is 979. The van der Waals surface area contributed by atoms with Crippen molar-refractivity contribution in [3.8, 4) is 11.5 Å². The minimum Gasteiger partial charge on any atom is -0.486 e. The molecular weight excluding hydrogens is 364 g/mol. The fourth-order valence-corrected chi connectivity index (χ4v) is 3.35. The molecule has 8 nitrogen and oxygen atoms in total. The average molecular weight is 386 g/mol. The van der Waals surface area contributed by atoms with Gasteiger partial charge in [0.1, 0.15) is 18.8 Å². The van der Waals surface area contributed by atoms with Crippen LogP contribution in [0.1, 0.15) is 36.5 Å². The molecule has 0 unspecified atom stereocenters. The first-order chi connectivity index (χ1) is 13.6. The van der Waals surface area contributed by atoms with Gasteiger partial charge < -0.3 is 24.1 Å². The molecule has 1 saturated carbocycles. The third-order valence-electron chi connectivity index (χ3n) is 4.88. The second-order valence-electron chi connectivity index (χ2n) is 6.86. The maximum Gasteiger partial charge on any atom is 0.307 e. The van der Waals surface area contributed by atoms with Gasteiger partial charge in [0, 0.05) is 24.8 Å². The highest BCUT2D eigenvalue weighted by Gasteiger charge is 2.34. The highest BCUT2D eigenvalue weighted by Crippen LogP contribution is 2.33. The van der Waals surface area contributed by atoms with Crippen LogP contribution in [0, 0.1) is 0 Å². The molecule has 1 aromatic heterocycles. The molecule has 1 aliphatic heterocycles. The predicted molar refractivity (Wildman–Crippen MR) is 101 cm³/mol. The Morgan fingerprint density at radius 2 is 1.93 bits per heavy atom. The third kappa shape index (κ3) is 3.54. The number of fused-ring (bicyclic) bond motifs is 2. The number of H-pyrrole nitrogens is 1. The number of rotatable bonds is 6. The number of carbonyl (C=O) groups excluding carboxylic acids is 2. The molecule has 1 aromatic carbocycles. The van der Waals surface area contributed by atoms with Gasteiger partial charge in [0.05, 0.1) is 23.9 Å². The van der Waals surface area contributed by atoms with Crippen LogP contribution in [-0.2, 0) is 9.53 Å². The molecule has 0 bridgehead atoms. The van der Waals surface area contributed by atoms with Gasteiger partial charge in [-0.1, -0.05) is 0 Å². The molecule has 2 heterocycles. The molecule has 0 spiro atoms. The van der Waals surface area contributed by atoms with Gasteiger partial charge in [0.2, 0.25) is 5.43 Å². The summed E-state index contributed by atoms with van der Waals surface area (Å²) < 4.78 is 16.0. The van der Waals surface area contributed by atoms with E-state index >= 15 is 0 Å². The van der Waals surface area contributed by atoms with Crippen molar-refractivity contribution in [1.82, 2.24) is 9.88 Å². The number of aromatic amines is 1. The lowest BCUT2D eigenvalue weighted by molar-refractivity contribution is -0.143. The van der Waals surface area contributed by atoms with Crippen molar-refractivity contribution in [1.29, 1.82) is 0 Å². The summed E-state index contributed by atoms with van der Waals surface area (Å²) in [5.74, 6) is 0.347. The Hall–Kier alpha value is -3.03. The first kappa shape index (κ1) is 18.3. The Labute approximate surface area is 161 Å². The smallest absolute Gasteiger partial charge is 0.307 e. The molecule has 0 saturated heterocycles. The van der Waals surface area contributed by atoms with E-state index in [0.29, 0.717) is 42.2 Å².